The van der Waals surface area contributed by atoms with Gasteiger partial charge in [0, 0.05) is 32.9 Å². The highest BCUT2D eigenvalue weighted by molar-refractivity contribution is 6.11. The standard InChI is InChI=1S/C64H44N2/c1-41-31-49(37-51(33-41)65-61-27-7-3-21-55(61)56-22-4-8-28-62(56)65)43-15-11-17-45(35-43)53-25-13-19-47-40-60-48(39-59(47)53)20-14-26-54(60)46-18-12-16-44(36-46)50-32-42(2)34-52(38-50)66-63-29-9-5-23-57(63)58-24-6-10-30-64(58)66/h3-40H,1-2H3. The molecule has 0 spiro atoms. The number of hydrogen-bond donors (Lipinski definition) is 0. The zero-order chi connectivity index (χ0) is 43.9. The average molecular weight is 841 g/mol. The van der Waals surface area contributed by atoms with Gasteiger partial charge in [0.05, 0.1) is 22.1 Å². The molecule has 0 saturated carbocycles. The first kappa shape index (κ1) is 38.0. The molecule has 0 aliphatic carbocycles. The molecule has 13 rings (SSSR count). The second-order valence-electron chi connectivity index (χ2n) is 17.9. The van der Waals surface area contributed by atoms with E-state index in [1.165, 1.54) is 132 Å². The monoisotopic (exact) mass is 840 g/mol. The lowest BCUT2D eigenvalue weighted by Gasteiger charge is -2.15. The summed E-state index contributed by atoms with van der Waals surface area (Å²) in [6.45, 7) is 4.41. The molecule has 2 nitrogen and oxygen atoms in total. The first-order valence-corrected chi connectivity index (χ1v) is 22.9. The van der Waals surface area contributed by atoms with Gasteiger partial charge in [-0.25, -0.2) is 0 Å². The van der Waals surface area contributed by atoms with Gasteiger partial charge in [-0.05, 0) is 164 Å². The molecule has 0 fully saturated rings. The van der Waals surface area contributed by atoms with Crippen LogP contribution >= 0.6 is 0 Å². The maximum absolute atomic E-state index is 2.41. The second-order valence-corrected chi connectivity index (χ2v) is 17.9. The minimum Gasteiger partial charge on any atom is -0.309 e. The van der Waals surface area contributed by atoms with Crippen LogP contribution in [0, 0.1) is 13.8 Å². The van der Waals surface area contributed by atoms with Crippen LogP contribution in [0.25, 0.3) is 121 Å². The van der Waals surface area contributed by atoms with Crippen LogP contribution in [0.3, 0.4) is 0 Å². The molecule has 0 bridgehead atoms. The van der Waals surface area contributed by atoms with Crippen molar-refractivity contribution in [1.29, 1.82) is 0 Å². The Bertz CT molecular complexity index is 3710. The SMILES string of the molecule is Cc1cc(-c2cccc(-c3cccc4cc5c(-c6cccc(-c7cc(C)cc(-n8c9ccccc9c9ccccc98)c7)c6)cccc5cc34)c2)cc(-n2c3ccccc3c3ccccc32)c1. The van der Waals surface area contributed by atoms with E-state index >= 15 is 0 Å². The molecule has 0 unspecified atom stereocenters. The number of fused-ring (bicyclic) bond motifs is 8. The smallest absolute Gasteiger partial charge is 0.0541 e. The van der Waals surface area contributed by atoms with Crippen molar-refractivity contribution < 1.29 is 0 Å². The summed E-state index contributed by atoms with van der Waals surface area (Å²) in [6, 6.07) is 85.3. The van der Waals surface area contributed by atoms with Crippen LogP contribution in [-0.4, -0.2) is 9.13 Å². The van der Waals surface area contributed by atoms with E-state index in [-0.39, 0.29) is 0 Å². The number of nitrogens with zero attached hydrogens (tertiary/aromatic N) is 2. The van der Waals surface area contributed by atoms with E-state index < -0.39 is 0 Å². The van der Waals surface area contributed by atoms with Crippen LogP contribution in [0.4, 0.5) is 0 Å². The molecule has 0 aliphatic rings. The number of rotatable bonds is 6. The lowest BCUT2D eigenvalue weighted by Crippen LogP contribution is -1.95. The van der Waals surface area contributed by atoms with Crippen molar-refractivity contribution in [2.24, 2.45) is 0 Å². The van der Waals surface area contributed by atoms with Crippen molar-refractivity contribution in [3.63, 3.8) is 0 Å². The molecule has 0 atom stereocenters. The van der Waals surface area contributed by atoms with Gasteiger partial charge >= 0.3 is 0 Å². The van der Waals surface area contributed by atoms with E-state index in [0.717, 1.165) is 0 Å². The summed E-state index contributed by atoms with van der Waals surface area (Å²) in [4.78, 5) is 0. The van der Waals surface area contributed by atoms with Crippen molar-refractivity contribution in [2.75, 3.05) is 0 Å². The number of aryl methyl sites for hydroxylation is 2. The summed E-state index contributed by atoms with van der Waals surface area (Å²) in [7, 11) is 0. The fourth-order valence-corrected chi connectivity index (χ4v) is 10.8. The normalized spacial score (nSPS) is 11.8. The number of aromatic nitrogens is 2. The molecule has 0 amide bonds. The number of benzene rings is 11. The van der Waals surface area contributed by atoms with E-state index in [2.05, 4.69) is 254 Å². The minimum absolute atomic E-state index is 1.17. The van der Waals surface area contributed by atoms with Gasteiger partial charge in [-0.2, -0.15) is 0 Å². The molecule has 0 radical (unpaired) electrons. The Morgan fingerprint density at radius 1 is 0.242 bits per heavy atom. The maximum Gasteiger partial charge on any atom is 0.0541 e. The van der Waals surface area contributed by atoms with Crippen LogP contribution in [0.1, 0.15) is 11.1 Å². The van der Waals surface area contributed by atoms with E-state index in [4.69, 9.17) is 0 Å². The van der Waals surface area contributed by atoms with Crippen molar-refractivity contribution >= 4 is 65.2 Å². The van der Waals surface area contributed by atoms with E-state index in [1.54, 1.807) is 0 Å². The lowest BCUT2D eigenvalue weighted by molar-refractivity contribution is 1.17. The third-order valence-corrected chi connectivity index (χ3v) is 13.7. The molecule has 310 valence electrons. The number of hydrogen-bond acceptors (Lipinski definition) is 0. The zero-order valence-electron chi connectivity index (χ0n) is 36.8. The highest BCUT2D eigenvalue weighted by Crippen LogP contribution is 2.40. The van der Waals surface area contributed by atoms with Gasteiger partial charge in [-0.1, -0.05) is 158 Å². The molecule has 0 saturated heterocycles. The van der Waals surface area contributed by atoms with Crippen molar-refractivity contribution in [1.82, 2.24) is 9.13 Å². The van der Waals surface area contributed by atoms with Gasteiger partial charge in [0.1, 0.15) is 0 Å². The Morgan fingerprint density at radius 2 is 0.591 bits per heavy atom. The fraction of sp³-hybridized carbons (Fsp3) is 0.0312. The van der Waals surface area contributed by atoms with Crippen LogP contribution < -0.4 is 0 Å². The maximum atomic E-state index is 2.41. The molecular formula is C64H44N2. The Labute approximate surface area is 383 Å². The van der Waals surface area contributed by atoms with Gasteiger partial charge in [0.25, 0.3) is 0 Å². The molecule has 11 aromatic carbocycles. The van der Waals surface area contributed by atoms with E-state index in [0.29, 0.717) is 0 Å². The van der Waals surface area contributed by atoms with Crippen molar-refractivity contribution in [2.45, 2.75) is 13.8 Å². The highest BCUT2D eigenvalue weighted by atomic mass is 15.0. The molecule has 0 aliphatic heterocycles. The molecule has 13 aromatic rings. The van der Waals surface area contributed by atoms with Gasteiger partial charge in [-0.3, -0.25) is 0 Å². The zero-order valence-corrected chi connectivity index (χ0v) is 36.8. The Balaban J connectivity index is 0.878. The third kappa shape index (κ3) is 6.18. The second kappa shape index (κ2) is 15.1. The highest BCUT2D eigenvalue weighted by Gasteiger charge is 2.16. The van der Waals surface area contributed by atoms with Gasteiger partial charge < -0.3 is 9.13 Å². The summed E-state index contributed by atoms with van der Waals surface area (Å²) in [6.07, 6.45) is 0. The summed E-state index contributed by atoms with van der Waals surface area (Å²) >= 11 is 0. The Kier molecular flexibility index (Phi) is 8.69. The minimum atomic E-state index is 1.17. The van der Waals surface area contributed by atoms with Crippen molar-refractivity contribution in [3.05, 3.63) is 242 Å². The van der Waals surface area contributed by atoms with Gasteiger partial charge in [0.15, 0.2) is 0 Å². The molecule has 66 heavy (non-hydrogen) atoms. The van der Waals surface area contributed by atoms with E-state index in [1.807, 2.05) is 0 Å². The van der Waals surface area contributed by atoms with E-state index in [9.17, 15) is 0 Å². The third-order valence-electron chi connectivity index (χ3n) is 13.7. The average Bonchev–Trinajstić information content (AvgIpc) is 3.88. The molecule has 2 heterocycles. The quantitative estimate of drug-likeness (QED) is 0.148. The van der Waals surface area contributed by atoms with Crippen LogP contribution in [-0.2, 0) is 0 Å². The summed E-state index contributed by atoms with van der Waals surface area (Å²) in [5, 5.41) is 10.1. The van der Waals surface area contributed by atoms with Gasteiger partial charge in [-0.15, -0.1) is 0 Å². The molecule has 0 N–H and O–H groups in total. The lowest BCUT2D eigenvalue weighted by atomic mass is 9.90. The first-order chi connectivity index (χ1) is 32.5. The van der Waals surface area contributed by atoms with Gasteiger partial charge in [0.2, 0.25) is 0 Å². The van der Waals surface area contributed by atoms with Crippen molar-refractivity contribution in [3.8, 4) is 55.9 Å². The summed E-state index contributed by atoms with van der Waals surface area (Å²) in [5.74, 6) is 0. The Morgan fingerprint density at radius 3 is 0.985 bits per heavy atom. The van der Waals surface area contributed by atoms with Crippen LogP contribution in [0.2, 0.25) is 0 Å². The Hall–Kier alpha value is -8.46. The summed E-state index contributed by atoms with van der Waals surface area (Å²) in [5.41, 5.74) is 19.4. The molecule has 2 heteroatoms. The summed E-state index contributed by atoms with van der Waals surface area (Å²) < 4.78 is 4.83. The molecular weight excluding hydrogens is 797 g/mol. The number of para-hydroxylation sites is 4. The first-order valence-electron chi connectivity index (χ1n) is 22.9. The predicted molar refractivity (Wildman–Crippen MR) is 281 cm³/mol. The topological polar surface area (TPSA) is 9.86 Å². The predicted octanol–water partition coefficient (Wildman–Crippen LogP) is 17.5. The molecule has 2 aromatic heterocycles. The largest absolute Gasteiger partial charge is 0.309 e. The van der Waals surface area contributed by atoms with Crippen LogP contribution in [0.5, 0.6) is 0 Å². The van der Waals surface area contributed by atoms with Crippen LogP contribution in [0.15, 0.2) is 231 Å². The fourth-order valence-electron chi connectivity index (χ4n) is 10.8.